The van der Waals surface area contributed by atoms with Crippen LogP contribution < -0.4 is 15.4 Å². The molecule has 1 aliphatic carbocycles. The van der Waals surface area contributed by atoms with Crippen molar-refractivity contribution in [3.63, 3.8) is 0 Å². The molecule has 6 heteroatoms. The van der Waals surface area contributed by atoms with Crippen LogP contribution in [0.5, 0.6) is 5.75 Å². The Morgan fingerprint density at radius 1 is 0.844 bits per heavy atom. The Labute approximate surface area is 185 Å². The molecule has 0 atom stereocenters. The van der Waals surface area contributed by atoms with E-state index in [9.17, 15) is 9.59 Å². The number of benzene rings is 3. The maximum atomic E-state index is 12.5. The Kier molecular flexibility index (Phi) is 5.34. The third kappa shape index (κ3) is 4.64. The Morgan fingerprint density at radius 3 is 2.31 bits per heavy atom. The third-order valence-corrected chi connectivity index (χ3v) is 5.35. The molecule has 0 bridgehead atoms. The predicted molar refractivity (Wildman–Crippen MR) is 123 cm³/mol. The zero-order valence-corrected chi connectivity index (χ0v) is 17.3. The summed E-state index contributed by atoms with van der Waals surface area (Å²) in [7, 11) is 0. The minimum Gasteiger partial charge on any atom is -0.486 e. The first-order valence-corrected chi connectivity index (χ1v) is 10.6. The fraction of sp³-hybridized carbons (Fsp3) is 0.154. The van der Waals surface area contributed by atoms with Crippen LogP contribution in [0.25, 0.3) is 10.8 Å². The van der Waals surface area contributed by atoms with Gasteiger partial charge in [-0.3, -0.25) is 9.59 Å². The van der Waals surface area contributed by atoms with Crippen molar-refractivity contribution in [1.82, 2.24) is 0 Å². The summed E-state index contributed by atoms with van der Waals surface area (Å²) in [5, 5.41) is 7.92. The van der Waals surface area contributed by atoms with Gasteiger partial charge in [0, 0.05) is 17.3 Å². The molecule has 160 valence electrons. The zero-order chi connectivity index (χ0) is 21.9. The second kappa shape index (κ2) is 8.59. The van der Waals surface area contributed by atoms with E-state index in [2.05, 4.69) is 10.6 Å². The standard InChI is InChI=1S/C26H22N2O4/c29-25(18-5-6-18)27-20-8-10-21(11-9-20)28-26(30)24-14-13-23(32-24)16-31-22-12-7-17-3-1-2-4-19(17)15-22/h1-4,7-15,18H,5-6,16H2,(H,27,29)(H,28,30). The molecule has 5 rings (SSSR count). The first-order chi connectivity index (χ1) is 15.6. The molecule has 0 radical (unpaired) electrons. The summed E-state index contributed by atoms with van der Waals surface area (Å²) in [6.07, 6.45) is 1.91. The molecule has 0 spiro atoms. The molecule has 6 nitrogen and oxygen atoms in total. The van der Waals surface area contributed by atoms with E-state index in [1.165, 1.54) is 0 Å². The van der Waals surface area contributed by atoms with Gasteiger partial charge in [0.2, 0.25) is 5.91 Å². The minimum absolute atomic E-state index is 0.0517. The van der Waals surface area contributed by atoms with Crippen molar-refractivity contribution >= 4 is 34.0 Å². The Morgan fingerprint density at radius 2 is 1.56 bits per heavy atom. The van der Waals surface area contributed by atoms with E-state index in [-0.39, 0.29) is 30.1 Å². The molecule has 1 aliphatic rings. The molecule has 3 aromatic carbocycles. The highest BCUT2D eigenvalue weighted by Gasteiger charge is 2.29. The van der Waals surface area contributed by atoms with Gasteiger partial charge < -0.3 is 19.8 Å². The SMILES string of the molecule is O=C(Nc1ccc(NC(=O)C2CC2)cc1)c1ccc(COc2ccc3ccccc3c2)o1. The normalized spacial score (nSPS) is 13.0. The number of anilines is 2. The smallest absolute Gasteiger partial charge is 0.291 e. The van der Waals surface area contributed by atoms with Gasteiger partial charge in [-0.2, -0.15) is 0 Å². The number of carbonyl (C=O) groups excluding carboxylic acids is 2. The second-order valence-electron chi connectivity index (χ2n) is 7.86. The maximum Gasteiger partial charge on any atom is 0.291 e. The van der Waals surface area contributed by atoms with Crippen molar-refractivity contribution in [2.75, 3.05) is 10.6 Å². The van der Waals surface area contributed by atoms with Gasteiger partial charge in [-0.05, 0) is 72.1 Å². The van der Waals surface area contributed by atoms with Crippen LogP contribution in [-0.2, 0) is 11.4 Å². The molecular weight excluding hydrogens is 404 g/mol. The Hall–Kier alpha value is -4.06. The quantitative estimate of drug-likeness (QED) is 0.402. The van der Waals surface area contributed by atoms with E-state index in [0.29, 0.717) is 17.1 Å². The van der Waals surface area contributed by atoms with Crippen LogP contribution in [0.3, 0.4) is 0 Å². The topological polar surface area (TPSA) is 80.6 Å². The maximum absolute atomic E-state index is 12.5. The molecule has 1 aromatic heterocycles. The Bertz CT molecular complexity index is 1270. The van der Waals surface area contributed by atoms with Crippen LogP contribution in [0.15, 0.2) is 83.3 Å². The number of rotatable bonds is 7. The number of nitrogens with one attached hydrogen (secondary N) is 2. The average molecular weight is 426 g/mol. The van der Waals surface area contributed by atoms with Crippen LogP contribution in [0.1, 0.15) is 29.2 Å². The lowest BCUT2D eigenvalue weighted by Gasteiger charge is -2.07. The van der Waals surface area contributed by atoms with E-state index in [4.69, 9.17) is 9.15 Å². The van der Waals surface area contributed by atoms with Crippen molar-refractivity contribution < 1.29 is 18.7 Å². The molecule has 2 amide bonds. The number of carbonyl (C=O) groups is 2. The number of furan rings is 1. The van der Waals surface area contributed by atoms with Gasteiger partial charge in [-0.1, -0.05) is 30.3 Å². The van der Waals surface area contributed by atoms with Crippen LogP contribution in [0, 0.1) is 5.92 Å². The highest BCUT2D eigenvalue weighted by molar-refractivity contribution is 6.02. The fourth-order valence-electron chi connectivity index (χ4n) is 3.41. The lowest BCUT2D eigenvalue weighted by molar-refractivity contribution is -0.117. The van der Waals surface area contributed by atoms with Crippen molar-refractivity contribution in [2.24, 2.45) is 5.92 Å². The number of hydrogen-bond donors (Lipinski definition) is 2. The molecule has 0 aliphatic heterocycles. The second-order valence-corrected chi connectivity index (χ2v) is 7.86. The van der Waals surface area contributed by atoms with Crippen molar-refractivity contribution in [3.05, 3.63) is 90.4 Å². The van der Waals surface area contributed by atoms with Crippen molar-refractivity contribution in [2.45, 2.75) is 19.4 Å². The first-order valence-electron chi connectivity index (χ1n) is 10.6. The van der Waals surface area contributed by atoms with Gasteiger partial charge in [0.1, 0.15) is 18.1 Å². The number of fused-ring (bicyclic) bond motifs is 1. The number of amides is 2. The van der Waals surface area contributed by atoms with Crippen LogP contribution in [0.2, 0.25) is 0 Å². The van der Waals surface area contributed by atoms with E-state index < -0.39 is 0 Å². The predicted octanol–water partition coefficient (Wildman–Crippen LogP) is 5.61. The van der Waals surface area contributed by atoms with Gasteiger partial charge in [-0.15, -0.1) is 0 Å². The van der Waals surface area contributed by atoms with E-state index >= 15 is 0 Å². The summed E-state index contributed by atoms with van der Waals surface area (Å²) < 4.78 is 11.5. The van der Waals surface area contributed by atoms with Crippen LogP contribution in [0.4, 0.5) is 11.4 Å². The highest BCUT2D eigenvalue weighted by Crippen LogP contribution is 2.30. The summed E-state index contributed by atoms with van der Waals surface area (Å²) in [6, 6.07) is 24.3. The van der Waals surface area contributed by atoms with Gasteiger partial charge >= 0.3 is 0 Å². The van der Waals surface area contributed by atoms with Gasteiger partial charge in [0.25, 0.3) is 5.91 Å². The molecule has 0 saturated heterocycles. The molecule has 1 heterocycles. The highest BCUT2D eigenvalue weighted by atomic mass is 16.5. The van der Waals surface area contributed by atoms with E-state index in [0.717, 1.165) is 29.4 Å². The third-order valence-electron chi connectivity index (χ3n) is 5.35. The zero-order valence-electron chi connectivity index (χ0n) is 17.3. The summed E-state index contributed by atoms with van der Waals surface area (Å²) >= 11 is 0. The Balaban J connectivity index is 1.16. The van der Waals surface area contributed by atoms with Crippen LogP contribution >= 0.6 is 0 Å². The summed E-state index contributed by atoms with van der Waals surface area (Å²) in [4.78, 5) is 24.3. The average Bonchev–Trinajstić information content (AvgIpc) is 3.56. The molecule has 4 aromatic rings. The van der Waals surface area contributed by atoms with Crippen molar-refractivity contribution in [1.29, 1.82) is 0 Å². The molecule has 0 unspecified atom stereocenters. The minimum atomic E-state index is -0.350. The molecule has 32 heavy (non-hydrogen) atoms. The molecule has 1 saturated carbocycles. The van der Waals surface area contributed by atoms with Crippen molar-refractivity contribution in [3.8, 4) is 5.75 Å². The lowest BCUT2D eigenvalue weighted by Crippen LogP contribution is -2.13. The first kappa shape index (κ1) is 19.9. The summed E-state index contributed by atoms with van der Waals surface area (Å²) in [5.41, 5.74) is 1.33. The van der Waals surface area contributed by atoms with E-state index in [1.54, 1.807) is 36.4 Å². The van der Waals surface area contributed by atoms with Gasteiger partial charge in [0.05, 0.1) is 0 Å². The van der Waals surface area contributed by atoms with E-state index in [1.807, 2.05) is 42.5 Å². The largest absolute Gasteiger partial charge is 0.486 e. The molecule has 1 fully saturated rings. The summed E-state index contributed by atoms with van der Waals surface area (Å²) in [6.45, 7) is 0.223. The summed E-state index contributed by atoms with van der Waals surface area (Å²) in [5.74, 6) is 1.34. The monoisotopic (exact) mass is 426 g/mol. The number of ether oxygens (including phenoxy) is 1. The molecule has 2 N–H and O–H groups in total. The van der Waals surface area contributed by atoms with Gasteiger partial charge in [0.15, 0.2) is 5.76 Å². The van der Waals surface area contributed by atoms with Gasteiger partial charge in [-0.25, -0.2) is 0 Å². The lowest BCUT2D eigenvalue weighted by atomic mass is 10.1. The molecular formula is C26H22N2O4. The fourth-order valence-corrected chi connectivity index (χ4v) is 3.41. The number of hydrogen-bond acceptors (Lipinski definition) is 4. The van der Waals surface area contributed by atoms with Crippen LogP contribution in [-0.4, -0.2) is 11.8 Å².